The number of hydrogen-bond donors (Lipinski definition) is 3. The van der Waals surface area contributed by atoms with Gasteiger partial charge in [-0.2, -0.15) is 10.4 Å². The molecule has 2 aliphatic heterocycles. The third-order valence-electron chi connectivity index (χ3n) is 8.38. The Balaban J connectivity index is 1.41. The van der Waals surface area contributed by atoms with Gasteiger partial charge in [0.05, 0.1) is 12.2 Å². The van der Waals surface area contributed by atoms with E-state index < -0.39 is 11.9 Å². The highest BCUT2D eigenvalue weighted by Gasteiger charge is 2.36. The number of hydrogen-bond acceptors (Lipinski definition) is 9. The van der Waals surface area contributed by atoms with Gasteiger partial charge in [-0.25, -0.2) is 14.1 Å². The summed E-state index contributed by atoms with van der Waals surface area (Å²) in [5, 5.41) is 17.7. The van der Waals surface area contributed by atoms with Crippen LogP contribution in [0, 0.1) is 22.6 Å². The molecule has 5 rings (SSSR count). The van der Waals surface area contributed by atoms with Crippen LogP contribution in [0.2, 0.25) is 0 Å². The molecule has 0 unspecified atom stereocenters. The van der Waals surface area contributed by atoms with E-state index in [4.69, 9.17) is 16.2 Å². The number of likely N-dealkylation sites (tertiary alicyclic amines) is 1. The molecule has 4 heterocycles. The first kappa shape index (κ1) is 30.9. The van der Waals surface area contributed by atoms with Gasteiger partial charge in [0.25, 0.3) is 5.91 Å². The summed E-state index contributed by atoms with van der Waals surface area (Å²) >= 11 is 0. The van der Waals surface area contributed by atoms with Crippen LogP contribution in [0.1, 0.15) is 60.6 Å². The van der Waals surface area contributed by atoms with Crippen LogP contribution >= 0.6 is 0 Å². The van der Waals surface area contributed by atoms with Gasteiger partial charge in [-0.05, 0) is 49.6 Å². The molecule has 2 atom stereocenters. The zero-order chi connectivity index (χ0) is 31.8. The van der Waals surface area contributed by atoms with Crippen molar-refractivity contribution < 1.29 is 18.7 Å². The van der Waals surface area contributed by atoms with E-state index in [2.05, 4.69) is 40.2 Å². The van der Waals surface area contributed by atoms with Crippen LogP contribution in [0.3, 0.4) is 0 Å². The Labute approximate surface area is 255 Å². The lowest BCUT2D eigenvalue weighted by Crippen LogP contribution is -2.35. The number of ether oxygens (including phenoxy) is 1. The fraction of sp³-hybridized carbons (Fsp3) is 0.452. The quantitative estimate of drug-likeness (QED) is 0.358. The minimum atomic E-state index is -0.744. The van der Waals surface area contributed by atoms with Gasteiger partial charge in [-0.1, -0.05) is 13.8 Å². The molecule has 232 valence electrons. The SMILES string of the molecule is C[C@H]1Oc2cc(cnc2N)-c2c(nn(CC(=O)NCCCN3C[C@H](N)C(C)(C)C3)c2C#N)CN(C)C(=O)c2ccc(F)cc21. The second-order valence-electron chi connectivity index (χ2n) is 12.2. The van der Waals surface area contributed by atoms with Crippen LogP contribution in [0.15, 0.2) is 30.5 Å². The highest BCUT2D eigenvalue weighted by atomic mass is 19.1. The minimum Gasteiger partial charge on any atom is -0.482 e. The lowest BCUT2D eigenvalue weighted by molar-refractivity contribution is -0.121. The Hall–Kier alpha value is -4.54. The van der Waals surface area contributed by atoms with Gasteiger partial charge in [0.2, 0.25) is 5.91 Å². The molecule has 2 bridgehead atoms. The molecule has 0 spiro atoms. The van der Waals surface area contributed by atoms with E-state index in [1.54, 1.807) is 20.0 Å². The number of carbonyl (C=O) groups is 2. The molecule has 2 amide bonds. The maximum atomic E-state index is 14.2. The molecule has 1 fully saturated rings. The molecule has 1 saturated heterocycles. The van der Waals surface area contributed by atoms with Gasteiger partial charge in [0.1, 0.15) is 30.2 Å². The molecule has 13 heteroatoms. The van der Waals surface area contributed by atoms with E-state index in [1.807, 2.05) is 0 Å². The predicted octanol–water partition coefficient (Wildman–Crippen LogP) is 2.44. The van der Waals surface area contributed by atoms with Crippen molar-refractivity contribution in [3.63, 3.8) is 0 Å². The molecule has 0 saturated carbocycles. The normalized spacial score (nSPS) is 19.7. The van der Waals surface area contributed by atoms with E-state index in [-0.39, 0.29) is 59.2 Å². The molecule has 2 aromatic heterocycles. The van der Waals surface area contributed by atoms with Crippen molar-refractivity contribution in [1.82, 2.24) is 29.9 Å². The number of carbonyl (C=O) groups excluding carboxylic acids is 2. The number of nitrogens with two attached hydrogens (primary N) is 2. The zero-order valence-corrected chi connectivity index (χ0v) is 25.4. The maximum Gasteiger partial charge on any atom is 0.254 e. The van der Waals surface area contributed by atoms with Crippen LogP contribution in [-0.4, -0.2) is 75.6 Å². The number of nitrogens with zero attached hydrogens (tertiary/aromatic N) is 6. The van der Waals surface area contributed by atoms with Crippen molar-refractivity contribution in [3.8, 4) is 22.9 Å². The summed E-state index contributed by atoms with van der Waals surface area (Å²) in [6.07, 6.45) is 1.50. The molecule has 0 radical (unpaired) electrons. The fourth-order valence-corrected chi connectivity index (χ4v) is 5.84. The van der Waals surface area contributed by atoms with Gasteiger partial charge < -0.3 is 31.3 Å². The standard InChI is InChI=1S/C31H38FN9O3/c1-18-22-11-20(32)6-7-21(22)30(43)39(4)14-23-28(19-10-25(44-18)29(35)37-13-19)24(12-33)41(38-23)16-27(42)36-8-5-9-40-15-26(34)31(2,3)17-40/h6-7,10-11,13,18,26H,5,8-9,14-17,34H2,1-4H3,(H2,35,37)(H,36,42)/t18-,26+/m1/s1. The Morgan fingerprint density at radius 1 is 1.32 bits per heavy atom. The van der Waals surface area contributed by atoms with Gasteiger partial charge in [0, 0.05) is 61.2 Å². The molecule has 3 aromatic rings. The molecule has 0 aliphatic carbocycles. The number of benzene rings is 1. The van der Waals surface area contributed by atoms with Crippen molar-refractivity contribution in [1.29, 1.82) is 5.26 Å². The molecule has 1 aromatic carbocycles. The predicted molar refractivity (Wildman–Crippen MR) is 162 cm³/mol. The second kappa shape index (κ2) is 12.2. The molecule has 44 heavy (non-hydrogen) atoms. The van der Waals surface area contributed by atoms with Crippen molar-refractivity contribution in [2.24, 2.45) is 11.1 Å². The van der Waals surface area contributed by atoms with Crippen LogP contribution < -0.4 is 21.5 Å². The number of pyridine rings is 1. The first-order valence-corrected chi connectivity index (χ1v) is 14.6. The Bertz CT molecular complexity index is 1630. The fourth-order valence-electron chi connectivity index (χ4n) is 5.84. The summed E-state index contributed by atoms with van der Waals surface area (Å²) in [4.78, 5) is 34.5. The number of rotatable bonds is 6. The monoisotopic (exact) mass is 603 g/mol. The van der Waals surface area contributed by atoms with E-state index in [0.717, 1.165) is 26.1 Å². The number of nitrogens with one attached hydrogen (secondary N) is 1. The highest BCUT2D eigenvalue weighted by Crippen LogP contribution is 2.36. The summed E-state index contributed by atoms with van der Waals surface area (Å²) in [6.45, 7) is 8.86. The Morgan fingerprint density at radius 2 is 2.09 bits per heavy atom. The number of nitrogen functional groups attached to an aromatic ring is 1. The minimum absolute atomic E-state index is 0.0115. The number of amides is 2. The number of aromatic nitrogens is 3. The number of fused-ring (bicyclic) bond motifs is 5. The summed E-state index contributed by atoms with van der Waals surface area (Å²) in [5.74, 6) is -0.902. The summed E-state index contributed by atoms with van der Waals surface area (Å²) in [5.41, 5.74) is 14.4. The topological polar surface area (TPSA) is 168 Å². The lowest BCUT2D eigenvalue weighted by atomic mass is 9.89. The summed E-state index contributed by atoms with van der Waals surface area (Å²) in [7, 11) is 1.59. The van der Waals surface area contributed by atoms with Crippen molar-refractivity contribution in [2.75, 3.05) is 39.0 Å². The molecular formula is C31H38FN9O3. The van der Waals surface area contributed by atoms with Crippen LogP contribution in [0.5, 0.6) is 5.75 Å². The van der Waals surface area contributed by atoms with Gasteiger partial charge >= 0.3 is 0 Å². The summed E-state index contributed by atoms with van der Waals surface area (Å²) in [6, 6.07) is 7.83. The van der Waals surface area contributed by atoms with E-state index >= 15 is 0 Å². The molecule has 2 aliphatic rings. The van der Waals surface area contributed by atoms with E-state index in [0.29, 0.717) is 28.9 Å². The van der Waals surface area contributed by atoms with Gasteiger partial charge in [0.15, 0.2) is 11.6 Å². The second-order valence-corrected chi connectivity index (χ2v) is 12.2. The van der Waals surface area contributed by atoms with Crippen molar-refractivity contribution in [3.05, 3.63) is 58.8 Å². The third-order valence-corrected chi connectivity index (χ3v) is 8.38. The zero-order valence-electron chi connectivity index (χ0n) is 25.4. The van der Waals surface area contributed by atoms with Gasteiger partial charge in [-0.3, -0.25) is 9.59 Å². The molecule has 5 N–H and O–H groups in total. The lowest BCUT2D eigenvalue weighted by Gasteiger charge is -2.23. The average molecular weight is 604 g/mol. The van der Waals surface area contributed by atoms with Crippen molar-refractivity contribution in [2.45, 2.75) is 52.4 Å². The van der Waals surface area contributed by atoms with Crippen LogP contribution in [-0.2, 0) is 17.9 Å². The summed E-state index contributed by atoms with van der Waals surface area (Å²) < 4.78 is 21.7. The third kappa shape index (κ3) is 6.22. The first-order chi connectivity index (χ1) is 20.9. The number of anilines is 1. The average Bonchev–Trinajstić information content (AvgIpc) is 3.44. The number of halogens is 1. The van der Waals surface area contributed by atoms with E-state index in [1.165, 1.54) is 34.0 Å². The molecular weight excluding hydrogens is 565 g/mol. The molecule has 12 nitrogen and oxygen atoms in total. The first-order valence-electron chi connectivity index (χ1n) is 14.6. The Morgan fingerprint density at radius 3 is 2.80 bits per heavy atom. The van der Waals surface area contributed by atoms with Crippen molar-refractivity contribution >= 4 is 17.6 Å². The Kier molecular flexibility index (Phi) is 8.58. The largest absolute Gasteiger partial charge is 0.482 e. The van der Waals surface area contributed by atoms with E-state index in [9.17, 15) is 19.2 Å². The van der Waals surface area contributed by atoms with Crippen LogP contribution in [0.25, 0.3) is 11.1 Å². The smallest absolute Gasteiger partial charge is 0.254 e. The van der Waals surface area contributed by atoms with Crippen LogP contribution in [0.4, 0.5) is 10.2 Å². The maximum absolute atomic E-state index is 14.2. The number of nitriles is 1. The highest BCUT2D eigenvalue weighted by molar-refractivity contribution is 5.96. The van der Waals surface area contributed by atoms with Gasteiger partial charge in [-0.15, -0.1) is 0 Å².